The zero-order valence-electron chi connectivity index (χ0n) is 17.0. The van der Waals surface area contributed by atoms with E-state index in [2.05, 4.69) is 0 Å². The molecular formula is C23H25NO5. The number of hydrogen-bond donors (Lipinski definition) is 1. The average Bonchev–Trinajstić information content (AvgIpc) is 2.98. The number of hydrogen-bond acceptors (Lipinski definition) is 5. The maximum absolute atomic E-state index is 12.9. The Kier molecular flexibility index (Phi) is 5.92. The van der Waals surface area contributed by atoms with Crippen molar-refractivity contribution in [3.63, 3.8) is 0 Å². The predicted octanol–water partition coefficient (Wildman–Crippen LogP) is 4.36. The Bertz CT molecular complexity index is 929. The number of methoxy groups -OCH3 is 1. The van der Waals surface area contributed by atoms with Crippen molar-refractivity contribution in [1.29, 1.82) is 0 Å². The number of ether oxygens (including phenoxy) is 2. The predicted molar refractivity (Wildman–Crippen MR) is 110 cm³/mol. The number of aliphatic hydroxyl groups is 1. The highest BCUT2D eigenvalue weighted by atomic mass is 16.5. The average molecular weight is 395 g/mol. The number of carbonyl (C=O) groups excluding carboxylic acids is 2. The van der Waals surface area contributed by atoms with Crippen LogP contribution in [0, 0.1) is 0 Å². The lowest BCUT2D eigenvalue weighted by atomic mass is 9.94. The third-order valence-electron chi connectivity index (χ3n) is 4.75. The van der Waals surface area contributed by atoms with Gasteiger partial charge in [-0.1, -0.05) is 19.1 Å². The highest BCUT2D eigenvalue weighted by Gasteiger charge is 2.43. The first kappa shape index (κ1) is 20.5. The summed E-state index contributed by atoms with van der Waals surface area (Å²) in [5, 5.41) is 10.5. The molecule has 0 aromatic heterocycles. The first-order chi connectivity index (χ1) is 13.9. The molecule has 1 amide bonds. The fourth-order valence-corrected chi connectivity index (χ4v) is 3.41. The normalized spacial score (nSPS) is 16.5. The summed E-state index contributed by atoms with van der Waals surface area (Å²) in [6.45, 7) is 5.58. The molecule has 1 aliphatic rings. The summed E-state index contributed by atoms with van der Waals surface area (Å²) in [4.78, 5) is 26.9. The first-order valence-electron chi connectivity index (χ1n) is 9.57. The Hall–Kier alpha value is -3.28. The molecule has 3 rings (SSSR count). The van der Waals surface area contributed by atoms with Gasteiger partial charge in [-0.05, 0) is 55.8 Å². The van der Waals surface area contributed by atoms with E-state index >= 15 is 0 Å². The van der Waals surface area contributed by atoms with Crippen molar-refractivity contribution in [2.75, 3.05) is 12.0 Å². The van der Waals surface area contributed by atoms with Crippen LogP contribution in [0.1, 0.15) is 38.8 Å². The molecule has 2 aromatic rings. The van der Waals surface area contributed by atoms with Gasteiger partial charge < -0.3 is 14.6 Å². The number of benzene rings is 2. The van der Waals surface area contributed by atoms with E-state index in [4.69, 9.17) is 9.47 Å². The zero-order chi connectivity index (χ0) is 21.1. The van der Waals surface area contributed by atoms with Crippen LogP contribution < -0.4 is 14.4 Å². The van der Waals surface area contributed by atoms with E-state index in [1.54, 1.807) is 50.4 Å². The highest BCUT2D eigenvalue weighted by molar-refractivity contribution is 6.16. The van der Waals surface area contributed by atoms with Gasteiger partial charge in [-0.3, -0.25) is 14.5 Å². The second-order valence-electron chi connectivity index (χ2n) is 7.05. The molecule has 2 aromatic carbocycles. The van der Waals surface area contributed by atoms with Crippen LogP contribution in [0.5, 0.6) is 11.5 Å². The molecule has 0 spiro atoms. The fraction of sp³-hybridized carbons (Fsp3) is 0.304. The molecule has 1 aliphatic heterocycles. The standard InChI is InChI=1S/C23H25NO5/c1-5-19(25)20-21(15-6-10-18(11-7-15)29-14(2)3)24(23(27)22(20)26)16-8-12-17(28-4)13-9-16/h6-14,21,26H,5H2,1-4H3. The van der Waals surface area contributed by atoms with Crippen LogP contribution in [0.3, 0.4) is 0 Å². The summed E-state index contributed by atoms with van der Waals surface area (Å²) in [6.07, 6.45) is 0.222. The third kappa shape index (κ3) is 3.97. The van der Waals surface area contributed by atoms with Gasteiger partial charge in [-0.2, -0.15) is 0 Å². The van der Waals surface area contributed by atoms with Crippen molar-refractivity contribution in [3.8, 4) is 11.5 Å². The maximum Gasteiger partial charge on any atom is 0.294 e. The molecule has 0 radical (unpaired) electrons. The van der Waals surface area contributed by atoms with Crippen LogP contribution in [-0.2, 0) is 9.59 Å². The molecule has 6 heteroatoms. The van der Waals surface area contributed by atoms with Crippen molar-refractivity contribution in [2.24, 2.45) is 0 Å². The number of rotatable bonds is 7. The van der Waals surface area contributed by atoms with Gasteiger partial charge >= 0.3 is 0 Å². The Morgan fingerprint density at radius 3 is 2.17 bits per heavy atom. The smallest absolute Gasteiger partial charge is 0.294 e. The Morgan fingerprint density at radius 1 is 1.07 bits per heavy atom. The number of anilines is 1. The van der Waals surface area contributed by atoms with Crippen LogP contribution in [-0.4, -0.2) is 30.0 Å². The van der Waals surface area contributed by atoms with Crippen molar-refractivity contribution in [1.82, 2.24) is 0 Å². The minimum absolute atomic E-state index is 0.0332. The molecule has 0 bridgehead atoms. The molecule has 1 heterocycles. The number of carbonyl (C=O) groups is 2. The van der Waals surface area contributed by atoms with E-state index in [9.17, 15) is 14.7 Å². The van der Waals surface area contributed by atoms with E-state index in [0.717, 1.165) is 0 Å². The molecular weight excluding hydrogens is 370 g/mol. The van der Waals surface area contributed by atoms with Crippen molar-refractivity contribution in [3.05, 3.63) is 65.4 Å². The lowest BCUT2D eigenvalue weighted by Crippen LogP contribution is -2.31. The summed E-state index contributed by atoms with van der Waals surface area (Å²) in [5.74, 6) is -0.0196. The number of ketones is 1. The molecule has 1 unspecified atom stereocenters. The molecule has 0 aliphatic carbocycles. The molecule has 0 saturated carbocycles. The quantitative estimate of drug-likeness (QED) is 0.754. The number of aliphatic hydroxyl groups excluding tert-OH is 1. The van der Waals surface area contributed by atoms with Gasteiger partial charge in [0.15, 0.2) is 11.5 Å². The summed E-state index contributed by atoms with van der Waals surface area (Å²) < 4.78 is 10.9. The van der Waals surface area contributed by atoms with Gasteiger partial charge in [-0.25, -0.2) is 0 Å². The van der Waals surface area contributed by atoms with Gasteiger partial charge in [0.25, 0.3) is 5.91 Å². The molecule has 1 atom stereocenters. The number of nitrogens with zero attached hydrogens (tertiary/aromatic N) is 1. The minimum Gasteiger partial charge on any atom is -0.503 e. The van der Waals surface area contributed by atoms with E-state index < -0.39 is 17.7 Å². The van der Waals surface area contributed by atoms with Gasteiger partial charge in [0.1, 0.15) is 11.5 Å². The van der Waals surface area contributed by atoms with E-state index in [0.29, 0.717) is 22.7 Å². The van der Waals surface area contributed by atoms with E-state index in [-0.39, 0.29) is 23.9 Å². The third-order valence-corrected chi connectivity index (χ3v) is 4.75. The Morgan fingerprint density at radius 2 is 1.66 bits per heavy atom. The zero-order valence-corrected chi connectivity index (χ0v) is 17.0. The first-order valence-corrected chi connectivity index (χ1v) is 9.57. The van der Waals surface area contributed by atoms with Crippen LogP contribution in [0.15, 0.2) is 59.9 Å². The summed E-state index contributed by atoms with van der Waals surface area (Å²) in [5.41, 5.74) is 1.39. The van der Waals surface area contributed by atoms with Crippen molar-refractivity contribution < 1.29 is 24.2 Å². The fourth-order valence-electron chi connectivity index (χ4n) is 3.41. The van der Waals surface area contributed by atoms with Crippen molar-refractivity contribution in [2.45, 2.75) is 39.3 Å². The highest BCUT2D eigenvalue weighted by Crippen LogP contribution is 2.42. The monoisotopic (exact) mass is 395 g/mol. The van der Waals surface area contributed by atoms with Crippen LogP contribution >= 0.6 is 0 Å². The Balaban J connectivity index is 2.07. The topological polar surface area (TPSA) is 76.1 Å². The maximum atomic E-state index is 12.9. The van der Waals surface area contributed by atoms with Crippen molar-refractivity contribution >= 4 is 17.4 Å². The minimum atomic E-state index is -0.712. The molecule has 0 saturated heterocycles. The van der Waals surface area contributed by atoms with Crippen LogP contribution in [0.25, 0.3) is 0 Å². The van der Waals surface area contributed by atoms with Gasteiger partial charge in [0.05, 0.1) is 24.8 Å². The number of Topliss-reactive ketones (excluding diaryl/α,β-unsaturated/α-hetero) is 1. The molecule has 29 heavy (non-hydrogen) atoms. The Labute approximate surface area is 170 Å². The van der Waals surface area contributed by atoms with Gasteiger partial charge in [-0.15, -0.1) is 0 Å². The molecule has 6 nitrogen and oxygen atoms in total. The molecule has 1 N–H and O–H groups in total. The van der Waals surface area contributed by atoms with E-state index in [1.807, 2.05) is 26.0 Å². The van der Waals surface area contributed by atoms with Gasteiger partial charge in [0, 0.05) is 12.1 Å². The van der Waals surface area contributed by atoms with E-state index in [1.165, 1.54) is 4.90 Å². The lowest BCUT2D eigenvalue weighted by molar-refractivity contribution is -0.118. The summed E-state index contributed by atoms with van der Waals surface area (Å²) in [7, 11) is 1.56. The summed E-state index contributed by atoms with van der Waals surface area (Å²) in [6, 6.07) is 13.4. The number of amides is 1. The second-order valence-corrected chi connectivity index (χ2v) is 7.05. The largest absolute Gasteiger partial charge is 0.503 e. The summed E-state index contributed by atoms with van der Waals surface area (Å²) >= 11 is 0. The van der Waals surface area contributed by atoms with Crippen LogP contribution in [0.2, 0.25) is 0 Å². The molecule has 0 fully saturated rings. The second kappa shape index (κ2) is 8.39. The SMILES string of the molecule is CCC(=O)C1=C(O)C(=O)N(c2ccc(OC)cc2)C1c1ccc(OC(C)C)cc1. The van der Waals surface area contributed by atoms with Gasteiger partial charge in [0.2, 0.25) is 0 Å². The molecule has 152 valence electrons. The van der Waals surface area contributed by atoms with Crippen LogP contribution in [0.4, 0.5) is 5.69 Å². The lowest BCUT2D eigenvalue weighted by Gasteiger charge is -2.27.